The zero-order valence-corrected chi connectivity index (χ0v) is 12.0. The van der Waals surface area contributed by atoms with Gasteiger partial charge in [-0.05, 0) is 45.0 Å². The lowest BCUT2D eigenvalue weighted by Gasteiger charge is -2.09. The van der Waals surface area contributed by atoms with Gasteiger partial charge in [0.2, 0.25) is 0 Å². The van der Waals surface area contributed by atoms with Crippen LogP contribution in [0.3, 0.4) is 0 Å². The number of H-pyrrole nitrogens is 1. The van der Waals surface area contributed by atoms with E-state index in [1.54, 1.807) is 0 Å². The van der Waals surface area contributed by atoms with Crippen LogP contribution in [-0.4, -0.2) is 22.1 Å². The molecule has 2 rings (SSSR count). The van der Waals surface area contributed by atoms with Crippen molar-refractivity contribution in [2.75, 3.05) is 5.32 Å². The SMILES string of the molecule is Cc1[nH]ncc1CNc1ccc(C(=O)NC(C)C)cc1. The highest BCUT2D eigenvalue weighted by Crippen LogP contribution is 2.12. The number of aryl methyl sites for hydroxylation is 1. The van der Waals surface area contributed by atoms with E-state index < -0.39 is 0 Å². The first-order valence-electron chi connectivity index (χ1n) is 6.70. The topological polar surface area (TPSA) is 69.8 Å². The van der Waals surface area contributed by atoms with Crippen molar-refractivity contribution < 1.29 is 4.79 Å². The molecule has 0 unspecified atom stereocenters. The Hall–Kier alpha value is -2.30. The lowest BCUT2D eigenvalue weighted by molar-refractivity contribution is 0.0943. The van der Waals surface area contributed by atoms with E-state index in [-0.39, 0.29) is 11.9 Å². The van der Waals surface area contributed by atoms with E-state index in [0.717, 1.165) is 16.9 Å². The number of nitrogens with zero attached hydrogens (tertiary/aromatic N) is 1. The first-order valence-corrected chi connectivity index (χ1v) is 6.70. The molecule has 0 saturated carbocycles. The normalized spacial score (nSPS) is 10.6. The minimum atomic E-state index is -0.0442. The number of anilines is 1. The molecule has 0 spiro atoms. The summed E-state index contributed by atoms with van der Waals surface area (Å²) in [5.74, 6) is -0.0442. The number of aromatic amines is 1. The van der Waals surface area contributed by atoms with Crippen LogP contribution in [0, 0.1) is 6.92 Å². The molecule has 0 aliphatic carbocycles. The molecule has 0 radical (unpaired) electrons. The van der Waals surface area contributed by atoms with Gasteiger partial charge in [0.05, 0.1) is 6.20 Å². The Bertz CT molecular complexity index is 572. The van der Waals surface area contributed by atoms with Crippen LogP contribution < -0.4 is 10.6 Å². The number of benzene rings is 1. The van der Waals surface area contributed by atoms with E-state index in [1.807, 2.05) is 51.2 Å². The maximum Gasteiger partial charge on any atom is 0.251 e. The highest BCUT2D eigenvalue weighted by atomic mass is 16.1. The largest absolute Gasteiger partial charge is 0.381 e. The Morgan fingerprint density at radius 1 is 1.30 bits per heavy atom. The second kappa shape index (κ2) is 6.23. The van der Waals surface area contributed by atoms with Crippen LogP contribution in [-0.2, 0) is 6.54 Å². The van der Waals surface area contributed by atoms with Gasteiger partial charge < -0.3 is 10.6 Å². The van der Waals surface area contributed by atoms with Crippen LogP contribution in [0.5, 0.6) is 0 Å². The van der Waals surface area contributed by atoms with Crippen LogP contribution in [0.15, 0.2) is 30.5 Å². The second-order valence-corrected chi connectivity index (χ2v) is 5.08. The molecule has 5 heteroatoms. The Morgan fingerprint density at radius 3 is 2.55 bits per heavy atom. The average Bonchev–Trinajstić information content (AvgIpc) is 2.82. The molecule has 3 N–H and O–H groups in total. The van der Waals surface area contributed by atoms with Crippen LogP contribution >= 0.6 is 0 Å². The fraction of sp³-hybridized carbons (Fsp3) is 0.333. The molecule has 2 aromatic rings. The zero-order chi connectivity index (χ0) is 14.5. The molecule has 0 aliphatic rings. The van der Waals surface area contributed by atoms with Crippen LogP contribution in [0.25, 0.3) is 0 Å². The van der Waals surface area contributed by atoms with Gasteiger partial charge >= 0.3 is 0 Å². The lowest BCUT2D eigenvalue weighted by atomic mass is 10.1. The molecule has 0 bridgehead atoms. The Balaban J connectivity index is 1.95. The second-order valence-electron chi connectivity index (χ2n) is 5.08. The minimum absolute atomic E-state index is 0.0442. The molecule has 0 fully saturated rings. The summed E-state index contributed by atoms with van der Waals surface area (Å²) in [6.45, 7) is 6.59. The van der Waals surface area contributed by atoms with Crippen molar-refractivity contribution in [2.45, 2.75) is 33.4 Å². The van der Waals surface area contributed by atoms with Crippen molar-refractivity contribution >= 4 is 11.6 Å². The molecular formula is C15H20N4O. The van der Waals surface area contributed by atoms with Gasteiger partial charge in [0.25, 0.3) is 5.91 Å². The summed E-state index contributed by atoms with van der Waals surface area (Å²) < 4.78 is 0. The fourth-order valence-corrected chi connectivity index (χ4v) is 1.84. The maximum absolute atomic E-state index is 11.8. The number of aromatic nitrogens is 2. The molecule has 0 aliphatic heterocycles. The van der Waals surface area contributed by atoms with Crippen molar-refractivity contribution in [1.29, 1.82) is 0 Å². The summed E-state index contributed by atoms with van der Waals surface area (Å²) in [6.07, 6.45) is 1.81. The van der Waals surface area contributed by atoms with E-state index in [2.05, 4.69) is 20.8 Å². The predicted octanol–water partition coefficient (Wildman–Crippen LogP) is 2.47. The molecule has 5 nitrogen and oxygen atoms in total. The summed E-state index contributed by atoms with van der Waals surface area (Å²) in [5.41, 5.74) is 3.84. The minimum Gasteiger partial charge on any atom is -0.381 e. The van der Waals surface area contributed by atoms with Crippen LogP contribution in [0.2, 0.25) is 0 Å². The molecular weight excluding hydrogens is 252 g/mol. The molecule has 20 heavy (non-hydrogen) atoms. The van der Waals surface area contributed by atoms with Crippen molar-refractivity contribution in [1.82, 2.24) is 15.5 Å². The van der Waals surface area contributed by atoms with E-state index >= 15 is 0 Å². The van der Waals surface area contributed by atoms with Gasteiger partial charge in [0, 0.05) is 35.1 Å². The first kappa shape index (κ1) is 14.1. The van der Waals surface area contributed by atoms with E-state index in [4.69, 9.17) is 0 Å². The highest BCUT2D eigenvalue weighted by Gasteiger charge is 2.06. The van der Waals surface area contributed by atoms with Crippen LogP contribution in [0.4, 0.5) is 5.69 Å². The summed E-state index contributed by atoms with van der Waals surface area (Å²) in [5, 5.41) is 13.1. The van der Waals surface area contributed by atoms with Crippen molar-refractivity contribution in [3.8, 4) is 0 Å². The third-order valence-electron chi connectivity index (χ3n) is 2.98. The van der Waals surface area contributed by atoms with E-state index in [9.17, 15) is 4.79 Å². The fourth-order valence-electron chi connectivity index (χ4n) is 1.84. The van der Waals surface area contributed by atoms with Gasteiger partial charge in [-0.15, -0.1) is 0 Å². The summed E-state index contributed by atoms with van der Waals surface area (Å²) in [6, 6.07) is 7.60. The number of carbonyl (C=O) groups excluding carboxylic acids is 1. The predicted molar refractivity (Wildman–Crippen MR) is 79.7 cm³/mol. The molecule has 0 saturated heterocycles. The number of hydrogen-bond acceptors (Lipinski definition) is 3. The summed E-state index contributed by atoms with van der Waals surface area (Å²) in [4.78, 5) is 11.8. The van der Waals surface area contributed by atoms with Gasteiger partial charge in [-0.3, -0.25) is 9.89 Å². The summed E-state index contributed by atoms with van der Waals surface area (Å²) in [7, 11) is 0. The molecule has 1 aromatic carbocycles. The first-order chi connectivity index (χ1) is 9.56. The van der Waals surface area contributed by atoms with Crippen molar-refractivity contribution in [3.63, 3.8) is 0 Å². The Kier molecular flexibility index (Phi) is 4.40. The average molecular weight is 272 g/mol. The third kappa shape index (κ3) is 3.60. The number of nitrogens with one attached hydrogen (secondary N) is 3. The molecule has 1 amide bonds. The number of amides is 1. The van der Waals surface area contributed by atoms with Crippen LogP contribution in [0.1, 0.15) is 35.5 Å². The highest BCUT2D eigenvalue weighted by molar-refractivity contribution is 5.94. The quantitative estimate of drug-likeness (QED) is 0.783. The van der Waals surface area contributed by atoms with Crippen molar-refractivity contribution in [2.24, 2.45) is 0 Å². The maximum atomic E-state index is 11.8. The lowest BCUT2D eigenvalue weighted by Crippen LogP contribution is -2.29. The van der Waals surface area contributed by atoms with E-state index in [1.165, 1.54) is 0 Å². The van der Waals surface area contributed by atoms with Gasteiger partial charge in [-0.2, -0.15) is 5.10 Å². The van der Waals surface area contributed by atoms with Gasteiger partial charge in [-0.1, -0.05) is 0 Å². The number of hydrogen-bond donors (Lipinski definition) is 3. The van der Waals surface area contributed by atoms with E-state index in [0.29, 0.717) is 12.1 Å². The van der Waals surface area contributed by atoms with Crippen molar-refractivity contribution in [3.05, 3.63) is 47.3 Å². The summed E-state index contributed by atoms with van der Waals surface area (Å²) >= 11 is 0. The number of rotatable bonds is 5. The molecule has 0 atom stereocenters. The molecule has 106 valence electrons. The molecule has 1 aromatic heterocycles. The Morgan fingerprint density at radius 2 is 2.00 bits per heavy atom. The Labute approximate surface area is 118 Å². The smallest absolute Gasteiger partial charge is 0.251 e. The third-order valence-corrected chi connectivity index (χ3v) is 2.98. The monoisotopic (exact) mass is 272 g/mol. The zero-order valence-electron chi connectivity index (χ0n) is 12.0. The van der Waals surface area contributed by atoms with Gasteiger partial charge in [0.1, 0.15) is 0 Å². The van der Waals surface area contributed by atoms with Gasteiger partial charge in [-0.25, -0.2) is 0 Å². The standard InChI is InChI=1S/C15H20N4O/c1-10(2)18-15(20)12-4-6-14(7-5-12)16-8-13-9-17-19-11(13)3/h4-7,9-10,16H,8H2,1-3H3,(H,17,19)(H,18,20). The number of carbonyl (C=O) groups is 1. The van der Waals surface area contributed by atoms with Gasteiger partial charge in [0.15, 0.2) is 0 Å². The molecule has 1 heterocycles.